The Bertz CT molecular complexity index is 544. The van der Waals surface area contributed by atoms with Crippen LogP contribution >= 0.6 is 0 Å². The Labute approximate surface area is 108 Å². The van der Waals surface area contributed by atoms with Gasteiger partial charge in [0.05, 0.1) is 0 Å². The fraction of sp³-hybridized carbons (Fsp3) is 0.400. The number of piperidine rings is 1. The molecule has 1 aromatic carbocycles. The maximum absolute atomic E-state index is 5.70. The Morgan fingerprint density at radius 1 is 1.11 bits per heavy atom. The Morgan fingerprint density at radius 2 is 1.94 bits per heavy atom. The number of benzene rings is 1. The van der Waals surface area contributed by atoms with Crippen molar-refractivity contribution in [3.8, 4) is 0 Å². The van der Waals surface area contributed by atoms with E-state index in [4.69, 9.17) is 5.73 Å². The van der Waals surface area contributed by atoms with Crippen LogP contribution in [-0.2, 0) is 6.54 Å². The van der Waals surface area contributed by atoms with Gasteiger partial charge in [-0.15, -0.1) is 0 Å². The van der Waals surface area contributed by atoms with E-state index in [2.05, 4.69) is 34.1 Å². The fourth-order valence-corrected chi connectivity index (χ4v) is 2.70. The average molecular weight is 241 g/mol. The lowest BCUT2D eigenvalue weighted by Gasteiger charge is -2.28. The van der Waals surface area contributed by atoms with Crippen LogP contribution in [0.25, 0.3) is 10.8 Å². The molecule has 0 radical (unpaired) electrons. The molecule has 1 aliphatic rings. The van der Waals surface area contributed by atoms with Gasteiger partial charge in [0, 0.05) is 31.2 Å². The Balaban J connectivity index is 2.05. The number of nitrogens with zero attached hydrogens (tertiary/aromatic N) is 2. The van der Waals surface area contributed by atoms with E-state index in [1.54, 1.807) is 0 Å². The second-order valence-corrected chi connectivity index (χ2v) is 4.94. The minimum Gasteiger partial charge on any atom is -0.356 e. The van der Waals surface area contributed by atoms with Crippen LogP contribution in [0.4, 0.5) is 5.82 Å². The van der Waals surface area contributed by atoms with Crippen molar-refractivity contribution in [3.05, 3.63) is 36.0 Å². The molecule has 1 fully saturated rings. The molecule has 0 unspecified atom stereocenters. The topological polar surface area (TPSA) is 42.1 Å². The minimum absolute atomic E-state index is 0.595. The first kappa shape index (κ1) is 11.5. The van der Waals surface area contributed by atoms with Crippen LogP contribution in [-0.4, -0.2) is 18.1 Å². The van der Waals surface area contributed by atoms with Crippen molar-refractivity contribution in [3.63, 3.8) is 0 Å². The van der Waals surface area contributed by atoms with Crippen molar-refractivity contribution in [2.24, 2.45) is 5.73 Å². The van der Waals surface area contributed by atoms with Crippen molar-refractivity contribution in [1.29, 1.82) is 0 Å². The molecule has 1 aromatic heterocycles. The Kier molecular flexibility index (Phi) is 3.15. The predicted molar refractivity (Wildman–Crippen MR) is 75.7 cm³/mol. The SMILES string of the molecule is NCc1ccc2c(N3CCCCC3)nccc2c1. The number of pyridine rings is 1. The van der Waals surface area contributed by atoms with Crippen LogP contribution in [0.15, 0.2) is 30.5 Å². The van der Waals surface area contributed by atoms with Crippen molar-refractivity contribution in [1.82, 2.24) is 4.98 Å². The van der Waals surface area contributed by atoms with E-state index in [1.165, 1.54) is 35.6 Å². The summed E-state index contributed by atoms with van der Waals surface area (Å²) in [5.41, 5.74) is 6.87. The largest absolute Gasteiger partial charge is 0.356 e. The maximum Gasteiger partial charge on any atom is 0.136 e. The molecule has 2 aromatic rings. The molecule has 0 atom stereocenters. The highest BCUT2D eigenvalue weighted by Crippen LogP contribution is 2.27. The smallest absolute Gasteiger partial charge is 0.136 e. The van der Waals surface area contributed by atoms with Gasteiger partial charge < -0.3 is 10.6 Å². The van der Waals surface area contributed by atoms with Crippen LogP contribution < -0.4 is 10.6 Å². The van der Waals surface area contributed by atoms with Gasteiger partial charge >= 0.3 is 0 Å². The van der Waals surface area contributed by atoms with Gasteiger partial charge in [-0.25, -0.2) is 4.98 Å². The Hall–Kier alpha value is -1.61. The molecule has 1 aliphatic heterocycles. The number of fused-ring (bicyclic) bond motifs is 1. The molecule has 3 rings (SSSR count). The molecule has 2 heterocycles. The summed E-state index contributed by atoms with van der Waals surface area (Å²) in [7, 11) is 0. The molecule has 1 saturated heterocycles. The highest BCUT2D eigenvalue weighted by molar-refractivity contribution is 5.92. The van der Waals surface area contributed by atoms with E-state index in [0.29, 0.717) is 6.54 Å². The van der Waals surface area contributed by atoms with Gasteiger partial charge in [0.15, 0.2) is 0 Å². The highest BCUT2D eigenvalue weighted by atomic mass is 15.2. The van der Waals surface area contributed by atoms with Crippen LogP contribution in [0.1, 0.15) is 24.8 Å². The van der Waals surface area contributed by atoms with Crippen molar-refractivity contribution in [2.45, 2.75) is 25.8 Å². The molecule has 0 spiro atoms. The zero-order valence-electron chi connectivity index (χ0n) is 10.6. The van der Waals surface area contributed by atoms with E-state index in [9.17, 15) is 0 Å². The standard InChI is InChI=1S/C15H19N3/c16-11-12-4-5-14-13(10-12)6-7-17-15(14)18-8-2-1-3-9-18/h4-7,10H,1-3,8-9,11,16H2. The molecule has 18 heavy (non-hydrogen) atoms. The lowest BCUT2D eigenvalue weighted by Crippen LogP contribution is -2.30. The number of anilines is 1. The van der Waals surface area contributed by atoms with Crippen molar-refractivity contribution < 1.29 is 0 Å². The molecule has 0 bridgehead atoms. The van der Waals surface area contributed by atoms with Crippen LogP contribution in [0.2, 0.25) is 0 Å². The zero-order chi connectivity index (χ0) is 12.4. The first-order valence-corrected chi connectivity index (χ1v) is 6.71. The van der Waals surface area contributed by atoms with Gasteiger partial charge in [-0.1, -0.05) is 12.1 Å². The molecule has 2 N–H and O–H groups in total. The lowest BCUT2D eigenvalue weighted by atomic mass is 10.1. The summed E-state index contributed by atoms with van der Waals surface area (Å²) in [5, 5.41) is 2.49. The van der Waals surface area contributed by atoms with Gasteiger partial charge in [0.2, 0.25) is 0 Å². The number of rotatable bonds is 2. The number of nitrogens with two attached hydrogens (primary N) is 1. The van der Waals surface area contributed by atoms with Crippen molar-refractivity contribution >= 4 is 16.6 Å². The molecule has 0 saturated carbocycles. The van der Waals surface area contributed by atoms with Crippen LogP contribution in [0, 0.1) is 0 Å². The summed E-state index contributed by atoms with van der Waals surface area (Å²) < 4.78 is 0. The van der Waals surface area contributed by atoms with E-state index < -0.39 is 0 Å². The van der Waals surface area contributed by atoms with E-state index >= 15 is 0 Å². The molecule has 3 nitrogen and oxygen atoms in total. The summed E-state index contributed by atoms with van der Waals surface area (Å²) in [5.74, 6) is 1.13. The van der Waals surface area contributed by atoms with Gasteiger partial charge in [0.25, 0.3) is 0 Å². The first-order chi connectivity index (χ1) is 8.88. The molecular formula is C15H19N3. The van der Waals surface area contributed by atoms with E-state index in [1.807, 2.05) is 6.20 Å². The normalized spacial score (nSPS) is 16.2. The van der Waals surface area contributed by atoms with E-state index in [0.717, 1.165) is 18.9 Å². The van der Waals surface area contributed by atoms with Gasteiger partial charge in [-0.05, 0) is 42.3 Å². The summed E-state index contributed by atoms with van der Waals surface area (Å²) in [6, 6.07) is 8.51. The lowest BCUT2D eigenvalue weighted by molar-refractivity contribution is 0.575. The number of hydrogen-bond acceptors (Lipinski definition) is 3. The third kappa shape index (κ3) is 2.06. The molecule has 0 aliphatic carbocycles. The molecule has 3 heteroatoms. The molecular weight excluding hydrogens is 222 g/mol. The van der Waals surface area contributed by atoms with Gasteiger partial charge in [-0.2, -0.15) is 0 Å². The van der Waals surface area contributed by atoms with Gasteiger partial charge in [-0.3, -0.25) is 0 Å². The fourth-order valence-electron chi connectivity index (χ4n) is 2.70. The summed E-state index contributed by atoms with van der Waals surface area (Å²) >= 11 is 0. The first-order valence-electron chi connectivity index (χ1n) is 6.71. The summed E-state index contributed by atoms with van der Waals surface area (Å²) in [6.45, 7) is 2.85. The van der Waals surface area contributed by atoms with Crippen LogP contribution in [0.5, 0.6) is 0 Å². The second-order valence-electron chi connectivity index (χ2n) is 4.94. The summed E-state index contributed by atoms with van der Waals surface area (Å²) in [4.78, 5) is 6.99. The van der Waals surface area contributed by atoms with E-state index in [-0.39, 0.29) is 0 Å². The quantitative estimate of drug-likeness (QED) is 0.879. The minimum atomic E-state index is 0.595. The molecule has 0 amide bonds. The molecule has 94 valence electrons. The second kappa shape index (κ2) is 4.94. The number of hydrogen-bond donors (Lipinski definition) is 1. The predicted octanol–water partition coefficient (Wildman–Crippen LogP) is 2.68. The van der Waals surface area contributed by atoms with Crippen molar-refractivity contribution in [2.75, 3.05) is 18.0 Å². The monoisotopic (exact) mass is 241 g/mol. The third-order valence-electron chi connectivity index (χ3n) is 3.70. The summed E-state index contributed by atoms with van der Waals surface area (Å²) in [6.07, 6.45) is 5.81. The maximum atomic E-state index is 5.70. The third-order valence-corrected chi connectivity index (χ3v) is 3.70. The Morgan fingerprint density at radius 3 is 2.72 bits per heavy atom. The zero-order valence-corrected chi connectivity index (χ0v) is 10.6. The highest BCUT2D eigenvalue weighted by Gasteiger charge is 2.14. The number of aromatic nitrogens is 1. The van der Waals surface area contributed by atoms with Crippen LogP contribution in [0.3, 0.4) is 0 Å². The van der Waals surface area contributed by atoms with Gasteiger partial charge in [0.1, 0.15) is 5.82 Å². The average Bonchev–Trinajstić information content (AvgIpc) is 2.47.